The number of rotatable bonds is 5. The molecule has 6 heteroatoms. The minimum atomic E-state index is -1.13. The summed E-state index contributed by atoms with van der Waals surface area (Å²) in [6, 6.07) is 3.40. The lowest BCUT2D eigenvalue weighted by Crippen LogP contribution is -2.47. The van der Waals surface area contributed by atoms with Gasteiger partial charge in [0.25, 0.3) is 0 Å². The molecule has 2 atom stereocenters. The van der Waals surface area contributed by atoms with Gasteiger partial charge in [0.15, 0.2) is 0 Å². The van der Waals surface area contributed by atoms with Crippen LogP contribution in [0.4, 0.5) is 8.78 Å². The predicted octanol–water partition coefficient (Wildman–Crippen LogP) is 2.73. The lowest BCUT2D eigenvalue weighted by Gasteiger charge is -2.24. The van der Waals surface area contributed by atoms with Gasteiger partial charge >= 0.3 is 5.97 Å². The maximum absolute atomic E-state index is 13.5. The van der Waals surface area contributed by atoms with Gasteiger partial charge in [0.2, 0.25) is 0 Å². The molecule has 0 aliphatic carbocycles. The van der Waals surface area contributed by atoms with Crippen molar-refractivity contribution in [1.29, 1.82) is 0 Å². The zero-order valence-corrected chi connectivity index (χ0v) is 11.9. The molecule has 3 nitrogen and oxygen atoms in total. The fraction of sp³-hybridized carbons (Fsp3) is 0.462. The number of thioether (sulfide) groups is 1. The smallest absolute Gasteiger partial charge is 0.325 e. The highest BCUT2D eigenvalue weighted by Gasteiger charge is 2.31. The molecular formula is C13H17F2NO2S. The van der Waals surface area contributed by atoms with Crippen LogP contribution in [0.5, 0.6) is 0 Å². The number of hydrogen-bond donors (Lipinski definition) is 1. The van der Waals surface area contributed by atoms with E-state index in [-0.39, 0.29) is 5.25 Å². The summed E-state index contributed by atoms with van der Waals surface area (Å²) in [6.45, 7) is 3.39. The molecule has 0 amide bonds. The summed E-state index contributed by atoms with van der Waals surface area (Å²) in [5, 5.41) is -0.117. The van der Waals surface area contributed by atoms with Crippen LogP contribution in [0.1, 0.15) is 20.3 Å². The standard InChI is InChI=1S/C13H17F2NO2S/c1-8(7-13(2,16)12(17)18-3)19-11-5-4-9(14)6-10(11)15/h4-6,8H,7,16H2,1-3H3. The first-order valence-electron chi connectivity index (χ1n) is 5.75. The summed E-state index contributed by atoms with van der Waals surface area (Å²) < 4.78 is 30.9. The predicted molar refractivity (Wildman–Crippen MR) is 70.9 cm³/mol. The fourth-order valence-electron chi connectivity index (χ4n) is 1.74. The van der Waals surface area contributed by atoms with Crippen molar-refractivity contribution < 1.29 is 18.3 Å². The second kappa shape index (κ2) is 6.34. The van der Waals surface area contributed by atoms with Crippen LogP contribution < -0.4 is 5.73 Å². The van der Waals surface area contributed by atoms with Crippen LogP contribution in [0, 0.1) is 11.6 Å². The van der Waals surface area contributed by atoms with E-state index in [1.165, 1.54) is 31.0 Å². The number of carbonyl (C=O) groups is 1. The van der Waals surface area contributed by atoms with Crippen LogP contribution in [0.3, 0.4) is 0 Å². The maximum atomic E-state index is 13.5. The zero-order chi connectivity index (χ0) is 14.6. The Balaban J connectivity index is 2.70. The molecule has 106 valence electrons. The van der Waals surface area contributed by atoms with Gasteiger partial charge in [0.05, 0.1) is 7.11 Å². The highest BCUT2D eigenvalue weighted by atomic mass is 32.2. The molecule has 0 spiro atoms. The first kappa shape index (κ1) is 15.9. The molecule has 0 aromatic heterocycles. The number of hydrogen-bond acceptors (Lipinski definition) is 4. The van der Waals surface area contributed by atoms with Gasteiger partial charge in [-0.05, 0) is 25.5 Å². The molecule has 0 bridgehead atoms. The van der Waals surface area contributed by atoms with Gasteiger partial charge in [-0.15, -0.1) is 11.8 Å². The quantitative estimate of drug-likeness (QED) is 0.669. The molecule has 2 unspecified atom stereocenters. The Morgan fingerprint density at radius 1 is 1.53 bits per heavy atom. The highest BCUT2D eigenvalue weighted by Crippen LogP contribution is 2.30. The Bertz CT molecular complexity index is 466. The number of nitrogens with two attached hydrogens (primary N) is 1. The van der Waals surface area contributed by atoms with Gasteiger partial charge in [-0.3, -0.25) is 4.79 Å². The molecule has 2 N–H and O–H groups in total. The third-order valence-corrected chi connectivity index (χ3v) is 3.74. The van der Waals surface area contributed by atoms with Gasteiger partial charge in [-0.25, -0.2) is 8.78 Å². The van der Waals surface area contributed by atoms with E-state index in [0.29, 0.717) is 11.3 Å². The van der Waals surface area contributed by atoms with E-state index < -0.39 is 23.1 Å². The minimum absolute atomic E-state index is 0.117. The zero-order valence-electron chi connectivity index (χ0n) is 11.1. The van der Waals surface area contributed by atoms with Gasteiger partial charge in [-0.2, -0.15) is 0 Å². The topological polar surface area (TPSA) is 52.3 Å². The SMILES string of the molecule is COC(=O)C(C)(N)CC(C)Sc1ccc(F)cc1F. The maximum Gasteiger partial charge on any atom is 0.325 e. The molecule has 19 heavy (non-hydrogen) atoms. The molecule has 1 rings (SSSR count). The van der Waals surface area contributed by atoms with Crippen molar-refractivity contribution in [3.05, 3.63) is 29.8 Å². The van der Waals surface area contributed by atoms with E-state index in [9.17, 15) is 13.6 Å². The number of carbonyl (C=O) groups excluding carboxylic acids is 1. The van der Waals surface area contributed by atoms with E-state index in [2.05, 4.69) is 4.74 Å². The molecule has 0 saturated carbocycles. The van der Waals surface area contributed by atoms with Crippen LogP contribution >= 0.6 is 11.8 Å². The largest absolute Gasteiger partial charge is 0.468 e. The summed E-state index contributed by atoms with van der Waals surface area (Å²) in [6.07, 6.45) is 0.321. The second-order valence-corrected chi connectivity index (χ2v) is 6.10. The average molecular weight is 289 g/mol. The average Bonchev–Trinajstić information content (AvgIpc) is 2.31. The molecule has 1 aromatic carbocycles. The Morgan fingerprint density at radius 3 is 2.68 bits per heavy atom. The van der Waals surface area contributed by atoms with Crippen molar-refractivity contribution in [1.82, 2.24) is 0 Å². The van der Waals surface area contributed by atoms with Crippen LogP contribution in [0.25, 0.3) is 0 Å². The summed E-state index contributed by atoms with van der Waals surface area (Å²) in [5.74, 6) is -1.75. The molecule has 1 aromatic rings. The van der Waals surface area contributed by atoms with Crippen molar-refractivity contribution in [2.75, 3.05) is 7.11 Å². The van der Waals surface area contributed by atoms with Gasteiger partial charge in [0.1, 0.15) is 17.2 Å². The molecule has 0 fully saturated rings. The number of halogens is 2. The second-order valence-electron chi connectivity index (χ2n) is 4.62. The molecule has 0 saturated heterocycles. The third-order valence-electron chi connectivity index (χ3n) is 2.59. The van der Waals surface area contributed by atoms with E-state index in [1.807, 2.05) is 6.92 Å². The molecule has 0 aliphatic rings. The first-order valence-corrected chi connectivity index (χ1v) is 6.63. The summed E-state index contributed by atoms with van der Waals surface area (Å²) in [7, 11) is 1.27. The number of methoxy groups -OCH3 is 1. The van der Waals surface area contributed by atoms with Crippen LogP contribution in [0.2, 0.25) is 0 Å². The first-order chi connectivity index (χ1) is 8.76. The van der Waals surface area contributed by atoms with Gasteiger partial charge in [-0.1, -0.05) is 6.92 Å². The van der Waals surface area contributed by atoms with Crippen molar-refractivity contribution in [3.8, 4) is 0 Å². The summed E-state index contributed by atoms with van der Waals surface area (Å²) in [5.41, 5.74) is 4.72. The molecule has 0 heterocycles. The Labute approximate surface area is 115 Å². The summed E-state index contributed by atoms with van der Waals surface area (Å²) >= 11 is 1.20. The minimum Gasteiger partial charge on any atom is -0.468 e. The molecular weight excluding hydrogens is 272 g/mol. The van der Waals surface area contributed by atoms with E-state index >= 15 is 0 Å². The van der Waals surface area contributed by atoms with Crippen molar-refractivity contribution in [3.63, 3.8) is 0 Å². The highest BCUT2D eigenvalue weighted by molar-refractivity contribution is 8.00. The van der Waals surface area contributed by atoms with Crippen molar-refractivity contribution >= 4 is 17.7 Å². The number of ether oxygens (including phenoxy) is 1. The van der Waals surface area contributed by atoms with Crippen LogP contribution in [-0.4, -0.2) is 23.9 Å². The van der Waals surface area contributed by atoms with Gasteiger partial charge in [0, 0.05) is 16.2 Å². The Hall–Kier alpha value is -1.14. The Kier molecular flexibility index (Phi) is 5.31. The molecule has 0 aliphatic heterocycles. The van der Waals surface area contributed by atoms with E-state index in [0.717, 1.165) is 6.07 Å². The van der Waals surface area contributed by atoms with Crippen molar-refractivity contribution in [2.24, 2.45) is 5.73 Å². The third kappa shape index (κ3) is 4.47. The van der Waals surface area contributed by atoms with Crippen molar-refractivity contribution in [2.45, 2.75) is 36.0 Å². The van der Waals surface area contributed by atoms with Gasteiger partial charge < -0.3 is 10.5 Å². The lowest BCUT2D eigenvalue weighted by molar-refractivity contribution is -0.146. The number of benzene rings is 1. The monoisotopic (exact) mass is 289 g/mol. The fourth-order valence-corrected chi connectivity index (χ4v) is 2.92. The van der Waals surface area contributed by atoms with E-state index in [4.69, 9.17) is 5.73 Å². The Morgan fingerprint density at radius 2 is 2.16 bits per heavy atom. The number of esters is 1. The van der Waals surface area contributed by atoms with Crippen LogP contribution in [-0.2, 0) is 9.53 Å². The van der Waals surface area contributed by atoms with Crippen LogP contribution in [0.15, 0.2) is 23.1 Å². The lowest BCUT2D eigenvalue weighted by atomic mass is 9.98. The normalized spacial score (nSPS) is 15.7. The summed E-state index contributed by atoms with van der Waals surface area (Å²) in [4.78, 5) is 11.8. The van der Waals surface area contributed by atoms with E-state index in [1.54, 1.807) is 6.92 Å². The molecule has 0 radical (unpaired) electrons.